The Morgan fingerprint density at radius 1 is 1.29 bits per heavy atom. The van der Waals surface area contributed by atoms with E-state index in [1.165, 1.54) is 6.20 Å². The van der Waals surface area contributed by atoms with Crippen LogP contribution < -0.4 is 10.6 Å². The van der Waals surface area contributed by atoms with Gasteiger partial charge in [0.2, 0.25) is 0 Å². The average molecular weight is 285 g/mol. The first-order valence-corrected chi connectivity index (χ1v) is 7.01. The van der Waals surface area contributed by atoms with E-state index in [2.05, 4.69) is 32.5 Å². The number of hydrogen-bond acceptors (Lipinski definition) is 5. The van der Waals surface area contributed by atoms with Gasteiger partial charge in [-0.15, -0.1) is 0 Å². The van der Waals surface area contributed by atoms with Crippen molar-refractivity contribution in [1.29, 1.82) is 0 Å². The lowest BCUT2D eigenvalue weighted by atomic mass is 10.1. The Morgan fingerprint density at radius 3 is 2.90 bits per heavy atom. The molecule has 0 unspecified atom stereocenters. The number of pyridine rings is 1. The Balaban J connectivity index is 2.03. The summed E-state index contributed by atoms with van der Waals surface area (Å²) >= 11 is 0. The minimum atomic E-state index is -0.255. The summed E-state index contributed by atoms with van der Waals surface area (Å²) < 4.78 is 0. The minimum absolute atomic E-state index is 0.255. The fraction of sp³-hybridized carbons (Fsp3) is 0.333. The molecule has 0 saturated carbocycles. The quantitative estimate of drug-likeness (QED) is 0.846. The summed E-state index contributed by atoms with van der Waals surface area (Å²) in [5.74, 6) is 0.340. The van der Waals surface area contributed by atoms with E-state index >= 15 is 0 Å². The molecule has 0 fully saturated rings. The molecule has 1 amide bonds. The monoisotopic (exact) mass is 285 g/mol. The Hall–Kier alpha value is -2.50. The van der Waals surface area contributed by atoms with Crippen molar-refractivity contribution < 1.29 is 4.79 Å². The molecule has 0 bridgehead atoms. The van der Waals surface area contributed by atoms with E-state index in [0.717, 1.165) is 24.2 Å². The number of carbonyl (C=O) groups excluding carboxylic acids is 1. The molecular weight excluding hydrogens is 266 g/mol. The highest BCUT2D eigenvalue weighted by Gasteiger charge is 2.10. The second-order valence-electron chi connectivity index (χ2n) is 4.47. The fourth-order valence-corrected chi connectivity index (χ4v) is 1.95. The molecule has 21 heavy (non-hydrogen) atoms. The van der Waals surface area contributed by atoms with E-state index in [9.17, 15) is 4.79 Å². The Bertz CT molecular complexity index is 615. The Kier molecular flexibility index (Phi) is 5.20. The average Bonchev–Trinajstić information content (AvgIpc) is 2.53. The van der Waals surface area contributed by atoms with Crippen molar-refractivity contribution in [3.8, 4) is 0 Å². The van der Waals surface area contributed by atoms with Crippen LogP contribution in [0, 0.1) is 0 Å². The van der Waals surface area contributed by atoms with E-state index in [1.54, 1.807) is 12.4 Å². The minimum Gasteiger partial charge on any atom is -0.369 e. The van der Waals surface area contributed by atoms with Crippen LogP contribution in [-0.4, -0.2) is 27.4 Å². The number of nitrogens with one attached hydrogen (secondary N) is 2. The SMILES string of the molecule is CCNc1cncc(C(=O)NCc2ncccc2CC)n1. The Morgan fingerprint density at radius 2 is 2.14 bits per heavy atom. The van der Waals surface area contributed by atoms with Crippen LogP contribution in [0.25, 0.3) is 0 Å². The molecule has 2 aromatic heterocycles. The van der Waals surface area contributed by atoms with Crippen molar-refractivity contribution in [3.63, 3.8) is 0 Å². The van der Waals surface area contributed by atoms with Gasteiger partial charge in [0.05, 0.1) is 24.6 Å². The van der Waals surface area contributed by atoms with Gasteiger partial charge in [-0.25, -0.2) is 4.98 Å². The predicted octanol–water partition coefficient (Wildman–Crippen LogP) is 1.80. The largest absolute Gasteiger partial charge is 0.369 e. The molecule has 2 N–H and O–H groups in total. The number of nitrogens with zero attached hydrogens (tertiary/aromatic N) is 3. The van der Waals surface area contributed by atoms with Crippen molar-refractivity contribution in [2.45, 2.75) is 26.8 Å². The van der Waals surface area contributed by atoms with E-state index in [-0.39, 0.29) is 5.91 Å². The van der Waals surface area contributed by atoms with Crippen LogP contribution in [0.3, 0.4) is 0 Å². The van der Waals surface area contributed by atoms with Crippen molar-refractivity contribution in [2.24, 2.45) is 0 Å². The van der Waals surface area contributed by atoms with Gasteiger partial charge < -0.3 is 10.6 Å². The number of aromatic nitrogens is 3. The highest BCUT2D eigenvalue weighted by molar-refractivity contribution is 5.92. The molecule has 0 radical (unpaired) electrons. The standard InChI is InChI=1S/C15H19N5O/c1-3-11-6-5-7-18-12(11)9-19-15(21)13-8-16-10-14(20-13)17-4-2/h5-8,10H,3-4,9H2,1-2H3,(H,17,20)(H,19,21). The lowest BCUT2D eigenvalue weighted by Gasteiger charge is -2.08. The molecule has 0 spiro atoms. The van der Waals surface area contributed by atoms with Gasteiger partial charge in [0.15, 0.2) is 0 Å². The van der Waals surface area contributed by atoms with Crippen molar-refractivity contribution >= 4 is 11.7 Å². The summed E-state index contributed by atoms with van der Waals surface area (Å²) in [6.45, 7) is 5.14. The van der Waals surface area contributed by atoms with Gasteiger partial charge in [0.1, 0.15) is 11.5 Å². The number of carbonyl (C=O) groups is 1. The Labute approximate surface area is 124 Å². The lowest BCUT2D eigenvalue weighted by molar-refractivity contribution is 0.0945. The van der Waals surface area contributed by atoms with E-state index < -0.39 is 0 Å². The van der Waals surface area contributed by atoms with Crippen molar-refractivity contribution in [1.82, 2.24) is 20.3 Å². The molecule has 2 aromatic rings. The number of hydrogen-bond donors (Lipinski definition) is 2. The third kappa shape index (κ3) is 3.98. The third-order valence-corrected chi connectivity index (χ3v) is 3.01. The molecular formula is C15H19N5O. The van der Waals surface area contributed by atoms with Gasteiger partial charge >= 0.3 is 0 Å². The zero-order valence-corrected chi connectivity index (χ0v) is 12.3. The summed E-state index contributed by atoms with van der Waals surface area (Å²) in [4.78, 5) is 24.6. The number of rotatable bonds is 6. The van der Waals surface area contributed by atoms with Crippen LogP contribution in [0.4, 0.5) is 5.82 Å². The highest BCUT2D eigenvalue weighted by atomic mass is 16.1. The molecule has 0 saturated heterocycles. The first kappa shape index (κ1) is 14.9. The van der Waals surface area contributed by atoms with E-state index in [1.807, 2.05) is 19.1 Å². The maximum Gasteiger partial charge on any atom is 0.271 e. The second-order valence-corrected chi connectivity index (χ2v) is 4.47. The first-order valence-electron chi connectivity index (χ1n) is 7.01. The van der Waals surface area contributed by atoms with Crippen LogP contribution in [0.2, 0.25) is 0 Å². The number of amides is 1. The maximum absolute atomic E-state index is 12.1. The zero-order chi connectivity index (χ0) is 15.1. The summed E-state index contributed by atoms with van der Waals surface area (Å²) in [5, 5.41) is 5.86. The van der Waals surface area contributed by atoms with Gasteiger partial charge in [0, 0.05) is 12.7 Å². The van der Waals surface area contributed by atoms with Gasteiger partial charge in [0.25, 0.3) is 5.91 Å². The normalized spacial score (nSPS) is 10.2. The van der Waals surface area contributed by atoms with Crippen molar-refractivity contribution in [3.05, 3.63) is 47.7 Å². The molecule has 0 aliphatic carbocycles. The van der Waals surface area contributed by atoms with Gasteiger partial charge in [-0.2, -0.15) is 0 Å². The molecule has 2 heterocycles. The van der Waals surface area contributed by atoms with Crippen LogP contribution >= 0.6 is 0 Å². The molecule has 0 atom stereocenters. The van der Waals surface area contributed by atoms with E-state index in [0.29, 0.717) is 18.1 Å². The number of anilines is 1. The number of aryl methyl sites for hydroxylation is 1. The van der Waals surface area contributed by atoms with Crippen LogP contribution in [0.5, 0.6) is 0 Å². The lowest BCUT2D eigenvalue weighted by Crippen LogP contribution is -2.25. The summed E-state index contributed by atoms with van der Waals surface area (Å²) in [6, 6.07) is 3.91. The van der Waals surface area contributed by atoms with Gasteiger partial charge in [-0.1, -0.05) is 13.0 Å². The molecule has 0 aromatic carbocycles. The molecule has 0 aliphatic heterocycles. The smallest absolute Gasteiger partial charge is 0.271 e. The molecule has 0 aliphatic rings. The van der Waals surface area contributed by atoms with Crippen LogP contribution in [0.15, 0.2) is 30.7 Å². The van der Waals surface area contributed by atoms with Crippen molar-refractivity contribution in [2.75, 3.05) is 11.9 Å². The second kappa shape index (κ2) is 7.33. The van der Waals surface area contributed by atoms with Gasteiger partial charge in [-0.05, 0) is 25.0 Å². The summed E-state index contributed by atoms with van der Waals surface area (Å²) in [7, 11) is 0. The molecule has 2 rings (SSSR count). The van der Waals surface area contributed by atoms with Crippen LogP contribution in [0.1, 0.15) is 35.6 Å². The van der Waals surface area contributed by atoms with Crippen LogP contribution in [-0.2, 0) is 13.0 Å². The highest BCUT2D eigenvalue weighted by Crippen LogP contribution is 2.06. The maximum atomic E-state index is 12.1. The molecule has 6 heteroatoms. The predicted molar refractivity (Wildman–Crippen MR) is 81.0 cm³/mol. The third-order valence-electron chi connectivity index (χ3n) is 3.01. The van der Waals surface area contributed by atoms with Gasteiger partial charge in [-0.3, -0.25) is 14.8 Å². The summed E-state index contributed by atoms with van der Waals surface area (Å²) in [5.41, 5.74) is 2.30. The summed E-state index contributed by atoms with van der Waals surface area (Å²) in [6.07, 6.45) is 5.66. The van der Waals surface area contributed by atoms with E-state index in [4.69, 9.17) is 0 Å². The molecule has 110 valence electrons. The first-order chi connectivity index (χ1) is 10.2. The fourth-order valence-electron chi connectivity index (χ4n) is 1.95. The topological polar surface area (TPSA) is 79.8 Å². The zero-order valence-electron chi connectivity index (χ0n) is 12.3. The molecule has 6 nitrogen and oxygen atoms in total.